The Balaban J connectivity index is 1.62. The maximum absolute atomic E-state index is 12.4. The van der Waals surface area contributed by atoms with Crippen LogP contribution in [0.2, 0.25) is 0 Å². The first kappa shape index (κ1) is 19.3. The molecule has 3 rings (SSSR count). The van der Waals surface area contributed by atoms with Crippen LogP contribution in [-0.4, -0.2) is 49.5 Å². The maximum Gasteiger partial charge on any atom is 0.239 e. The molecule has 1 aliphatic heterocycles. The van der Waals surface area contributed by atoms with Crippen LogP contribution in [0.15, 0.2) is 48.8 Å². The van der Waals surface area contributed by atoms with Gasteiger partial charge in [0.2, 0.25) is 15.9 Å². The smallest absolute Gasteiger partial charge is 0.239 e. The molecule has 0 saturated carbocycles. The number of nitrogens with one attached hydrogen (secondary N) is 1. The first-order chi connectivity index (χ1) is 12.9. The Kier molecular flexibility index (Phi) is 6.08. The lowest BCUT2D eigenvalue weighted by atomic mass is 10.2. The van der Waals surface area contributed by atoms with Crippen molar-refractivity contribution in [2.75, 3.05) is 36.1 Å². The van der Waals surface area contributed by atoms with Gasteiger partial charge in [0.25, 0.3) is 0 Å². The van der Waals surface area contributed by atoms with Crippen LogP contribution in [0.5, 0.6) is 0 Å². The van der Waals surface area contributed by atoms with Crippen molar-refractivity contribution >= 4 is 27.3 Å². The Morgan fingerprint density at radius 2 is 1.74 bits per heavy atom. The lowest BCUT2D eigenvalue weighted by molar-refractivity contribution is -0.116. The molecule has 27 heavy (non-hydrogen) atoms. The van der Waals surface area contributed by atoms with E-state index in [-0.39, 0.29) is 19.0 Å². The van der Waals surface area contributed by atoms with E-state index in [1.807, 2.05) is 24.3 Å². The number of pyridine rings is 1. The fourth-order valence-electron chi connectivity index (χ4n) is 3.07. The zero-order valence-electron chi connectivity index (χ0n) is 15.3. The second-order valence-corrected chi connectivity index (χ2v) is 8.66. The van der Waals surface area contributed by atoms with Crippen LogP contribution in [-0.2, 0) is 21.4 Å². The number of hydrogen-bond donors (Lipinski definition) is 1. The molecule has 1 aliphatic rings. The van der Waals surface area contributed by atoms with Gasteiger partial charge < -0.3 is 10.2 Å². The van der Waals surface area contributed by atoms with Crippen LogP contribution in [0.3, 0.4) is 0 Å². The molecule has 1 saturated heterocycles. The predicted molar refractivity (Wildman–Crippen MR) is 106 cm³/mol. The lowest BCUT2D eigenvalue weighted by Crippen LogP contribution is -2.36. The van der Waals surface area contributed by atoms with Gasteiger partial charge in [-0.1, -0.05) is 0 Å². The van der Waals surface area contributed by atoms with Gasteiger partial charge in [-0.3, -0.25) is 9.78 Å². The molecule has 1 amide bonds. The van der Waals surface area contributed by atoms with E-state index in [2.05, 4.69) is 15.2 Å². The van der Waals surface area contributed by atoms with Crippen LogP contribution < -0.4 is 10.2 Å². The second-order valence-electron chi connectivity index (χ2n) is 6.68. The molecule has 0 radical (unpaired) electrons. The van der Waals surface area contributed by atoms with Crippen molar-refractivity contribution in [1.82, 2.24) is 9.29 Å². The van der Waals surface area contributed by atoms with E-state index in [4.69, 9.17) is 0 Å². The zero-order valence-corrected chi connectivity index (χ0v) is 16.2. The molecule has 0 unspecified atom stereocenters. The van der Waals surface area contributed by atoms with E-state index >= 15 is 0 Å². The van der Waals surface area contributed by atoms with Crippen molar-refractivity contribution in [3.8, 4) is 0 Å². The minimum absolute atomic E-state index is 0.128. The molecule has 0 aliphatic carbocycles. The van der Waals surface area contributed by atoms with E-state index in [0.717, 1.165) is 34.9 Å². The van der Waals surface area contributed by atoms with Crippen LogP contribution >= 0.6 is 0 Å². The average molecular weight is 388 g/mol. The summed E-state index contributed by atoms with van der Waals surface area (Å²) in [7, 11) is -3.52. The lowest BCUT2D eigenvalue weighted by Gasteiger charge is -2.20. The largest absolute Gasteiger partial charge is 0.372 e. The van der Waals surface area contributed by atoms with E-state index in [1.165, 1.54) is 12.8 Å². The topological polar surface area (TPSA) is 82.6 Å². The summed E-state index contributed by atoms with van der Waals surface area (Å²) in [5, 5.41) is 2.77. The van der Waals surface area contributed by atoms with Gasteiger partial charge in [-0.15, -0.1) is 0 Å². The summed E-state index contributed by atoms with van der Waals surface area (Å²) in [6, 6.07) is 11.1. The van der Waals surface area contributed by atoms with Crippen molar-refractivity contribution in [3.63, 3.8) is 0 Å². The van der Waals surface area contributed by atoms with Gasteiger partial charge in [0, 0.05) is 43.4 Å². The van der Waals surface area contributed by atoms with Gasteiger partial charge >= 0.3 is 0 Å². The van der Waals surface area contributed by atoms with Crippen molar-refractivity contribution in [1.29, 1.82) is 0 Å². The Morgan fingerprint density at radius 3 is 2.33 bits per heavy atom. The molecule has 1 aromatic heterocycles. The molecule has 0 bridgehead atoms. The first-order valence-electron chi connectivity index (χ1n) is 8.91. The number of aromatic nitrogens is 1. The van der Waals surface area contributed by atoms with E-state index < -0.39 is 10.0 Å². The monoisotopic (exact) mass is 388 g/mol. The van der Waals surface area contributed by atoms with Gasteiger partial charge in [0.1, 0.15) is 0 Å². The fraction of sp³-hybridized carbons (Fsp3) is 0.368. The molecule has 0 atom stereocenters. The number of carbonyl (C=O) groups is 1. The number of rotatable bonds is 7. The molecule has 0 spiro atoms. The summed E-state index contributed by atoms with van der Waals surface area (Å²) in [5.74, 6) is -0.372. The molecule has 1 fully saturated rings. The molecule has 144 valence electrons. The van der Waals surface area contributed by atoms with Crippen LogP contribution in [0.25, 0.3) is 0 Å². The summed E-state index contributed by atoms with van der Waals surface area (Å²) in [6.07, 6.45) is 6.70. The van der Waals surface area contributed by atoms with Gasteiger partial charge in [0.05, 0.1) is 12.8 Å². The number of benzene rings is 1. The molecule has 1 aromatic carbocycles. The van der Waals surface area contributed by atoms with E-state index in [1.54, 1.807) is 24.5 Å². The number of anilines is 2. The van der Waals surface area contributed by atoms with Gasteiger partial charge in [-0.25, -0.2) is 8.42 Å². The highest BCUT2D eigenvalue weighted by Gasteiger charge is 2.21. The number of carbonyl (C=O) groups excluding carboxylic acids is 1. The number of sulfonamides is 1. The highest BCUT2D eigenvalue weighted by atomic mass is 32.2. The van der Waals surface area contributed by atoms with Crippen molar-refractivity contribution in [2.24, 2.45) is 0 Å². The van der Waals surface area contributed by atoms with Gasteiger partial charge in [-0.05, 0) is 54.8 Å². The third-order valence-corrected chi connectivity index (χ3v) is 5.72. The van der Waals surface area contributed by atoms with Gasteiger partial charge in [0.15, 0.2) is 0 Å². The fourth-order valence-corrected chi connectivity index (χ4v) is 3.81. The molecule has 2 aromatic rings. The highest BCUT2D eigenvalue weighted by molar-refractivity contribution is 7.88. The highest BCUT2D eigenvalue weighted by Crippen LogP contribution is 2.22. The van der Waals surface area contributed by atoms with E-state index in [9.17, 15) is 13.2 Å². The molecular weight excluding hydrogens is 364 g/mol. The number of hydrogen-bond acceptors (Lipinski definition) is 5. The predicted octanol–water partition coefficient (Wildman–Crippen LogP) is 2.08. The van der Waals surface area contributed by atoms with Crippen molar-refractivity contribution < 1.29 is 13.2 Å². The maximum atomic E-state index is 12.4. The molecule has 8 heteroatoms. The summed E-state index contributed by atoms with van der Waals surface area (Å²) in [6.45, 7) is 2.01. The number of nitrogens with zero attached hydrogens (tertiary/aromatic N) is 3. The molecule has 2 heterocycles. The quantitative estimate of drug-likeness (QED) is 0.785. The van der Waals surface area contributed by atoms with E-state index in [0.29, 0.717) is 5.69 Å². The third kappa shape index (κ3) is 5.51. The minimum Gasteiger partial charge on any atom is -0.372 e. The molecule has 7 nitrogen and oxygen atoms in total. The second kappa shape index (κ2) is 8.49. The van der Waals surface area contributed by atoms with Gasteiger partial charge in [-0.2, -0.15) is 4.31 Å². The Hall–Kier alpha value is -2.45. The zero-order chi connectivity index (χ0) is 19.3. The van der Waals surface area contributed by atoms with Crippen molar-refractivity contribution in [2.45, 2.75) is 19.4 Å². The summed E-state index contributed by atoms with van der Waals surface area (Å²) in [5.41, 5.74) is 2.57. The first-order valence-corrected chi connectivity index (χ1v) is 10.8. The number of amides is 1. The molecule has 1 N–H and O–H groups in total. The van der Waals surface area contributed by atoms with Crippen LogP contribution in [0.1, 0.15) is 18.4 Å². The third-order valence-electron chi connectivity index (χ3n) is 4.52. The Morgan fingerprint density at radius 1 is 1.11 bits per heavy atom. The normalized spacial score (nSPS) is 14.5. The summed E-state index contributed by atoms with van der Waals surface area (Å²) in [4.78, 5) is 18.6. The van der Waals surface area contributed by atoms with Crippen LogP contribution in [0, 0.1) is 0 Å². The summed E-state index contributed by atoms with van der Waals surface area (Å²) < 4.78 is 25.2. The molecular formula is C19H24N4O3S. The van der Waals surface area contributed by atoms with Crippen LogP contribution in [0.4, 0.5) is 11.4 Å². The Bertz CT molecular complexity index is 864. The Labute approximate surface area is 160 Å². The average Bonchev–Trinajstić information content (AvgIpc) is 3.16. The standard InChI is InChI=1S/C19H24N4O3S/c1-27(25,26)23(14-16-8-10-20-11-9-16)15-19(24)21-17-4-6-18(7-5-17)22-12-2-3-13-22/h4-11H,2-3,12-15H2,1H3,(H,21,24). The minimum atomic E-state index is -3.52. The van der Waals surface area contributed by atoms with Crippen molar-refractivity contribution in [3.05, 3.63) is 54.4 Å². The SMILES string of the molecule is CS(=O)(=O)N(CC(=O)Nc1ccc(N2CCCC2)cc1)Cc1ccncc1. The summed E-state index contributed by atoms with van der Waals surface area (Å²) >= 11 is 0.